The van der Waals surface area contributed by atoms with Crippen LogP contribution in [-0.2, 0) is 48.0 Å². The summed E-state index contributed by atoms with van der Waals surface area (Å²) in [5, 5.41) is 21.5. The van der Waals surface area contributed by atoms with Gasteiger partial charge in [-0.2, -0.15) is 0 Å². The molecule has 10 saturated carbocycles. The van der Waals surface area contributed by atoms with Crippen molar-refractivity contribution in [2.45, 2.75) is 151 Å². The molecular formula is C49H68O12. The Kier molecular flexibility index (Phi) is 9.22. The fourth-order valence-electron chi connectivity index (χ4n) is 19.7. The molecule has 2 saturated heterocycles. The Labute approximate surface area is 359 Å². The molecule has 61 heavy (non-hydrogen) atoms. The Morgan fingerprint density at radius 3 is 1.44 bits per heavy atom. The smallest absolute Gasteiger partial charge is 0.318 e. The molecule has 336 valence electrons. The third-order valence-electron chi connectivity index (χ3n) is 21.7. The molecule has 12 nitrogen and oxygen atoms in total. The summed E-state index contributed by atoms with van der Waals surface area (Å²) < 4.78 is 11.2. The van der Waals surface area contributed by atoms with Crippen LogP contribution < -0.4 is 0 Å². The van der Waals surface area contributed by atoms with E-state index in [9.17, 15) is 39.0 Å². The third-order valence-corrected chi connectivity index (χ3v) is 21.7. The van der Waals surface area contributed by atoms with E-state index in [4.69, 9.17) is 19.2 Å². The van der Waals surface area contributed by atoms with Crippen molar-refractivity contribution in [3.05, 3.63) is 0 Å². The van der Waals surface area contributed by atoms with Gasteiger partial charge in [0, 0.05) is 10.8 Å². The molecule has 0 aromatic heterocycles. The zero-order valence-electron chi connectivity index (χ0n) is 37.4. The van der Waals surface area contributed by atoms with Gasteiger partial charge in [-0.25, -0.2) is 9.78 Å². The summed E-state index contributed by atoms with van der Waals surface area (Å²) in [6.45, 7) is 16.9. The molecule has 0 aromatic rings. The molecule has 20 unspecified atom stereocenters. The van der Waals surface area contributed by atoms with Crippen molar-refractivity contribution >= 4 is 35.8 Å². The van der Waals surface area contributed by atoms with Gasteiger partial charge in [0.15, 0.2) is 0 Å². The number of ether oxygens (including phenoxy) is 2. The van der Waals surface area contributed by atoms with Crippen LogP contribution in [0, 0.1) is 115 Å². The van der Waals surface area contributed by atoms with Gasteiger partial charge in [0.05, 0.1) is 34.5 Å². The highest BCUT2D eigenvalue weighted by Gasteiger charge is 2.80. The number of cyclic esters (lactones) is 4. The van der Waals surface area contributed by atoms with Crippen LogP contribution in [0.2, 0.25) is 0 Å². The second-order valence-electron chi connectivity index (χ2n) is 24.0. The monoisotopic (exact) mass is 848 g/mol. The first-order chi connectivity index (χ1) is 28.7. The summed E-state index contributed by atoms with van der Waals surface area (Å²) in [5.74, 6) is -7.44. The number of aliphatic carboxylic acids is 2. The van der Waals surface area contributed by atoms with Crippen molar-refractivity contribution in [1.82, 2.24) is 0 Å². The molecule has 0 amide bonds. The van der Waals surface area contributed by atoms with Gasteiger partial charge >= 0.3 is 35.8 Å². The maximum Gasteiger partial charge on any atom is 0.318 e. The van der Waals surface area contributed by atoms with Gasteiger partial charge in [0.2, 0.25) is 0 Å². The molecule has 12 heteroatoms. The number of carbonyl (C=O) groups is 6. The molecule has 12 fully saturated rings. The van der Waals surface area contributed by atoms with Gasteiger partial charge in [0.1, 0.15) is 12.2 Å². The predicted octanol–water partition coefficient (Wildman–Crippen LogP) is 7.89. The highest BCUT2D eigenvalue weighted by molar-refractivity contribution is 5.98. The van der Waals surface area contributed by atoms with Gasteiger partial charge < -0.3 is 19.7 Å². The molecule has 2 N–H and O–H groups in total. The molecule has 2 heterocycles. The van der Waals surface area contributed by atoms with Gasteiger partial charge in [-0.3, -0.25) is 28.8 Å². The lowest BCUT2D eigenvalue weighted by molar-refractivity contribution is -0.446. The summed E-state index contributed by atoms with van der Waals surface area (Å²) in [4.78, 5) is 97.3. The van der Waals surface area contributed by atoms with Crippen LogP contribution in [0.15, 0.2) is 0 Å². The van der Waals surface area contributed by atoms with Crippen molar-refractivity contribution in [2.75, 3.05) is 0 Å². The number of fused-ring (bicyclic) bond motifs is 5. The quantitative estimate of drug-likeness (QED) is 0.110. The first kappa shape index (κ1) is 42.1. The number of esters is 4. The van der Waals surface area contributed by atoms with Crippen molar-refractivity contribution in [3.8, 4) is 0 Å². The third kappa shape index (κ3) is 4.96. The number of hydrogen-bond donors (Lipinski definition) is 2. The molecule has 0 radical (unpaired) electrons. The Hall–Kier alpha value is -2.86. The highest BCUT2D eigenvalue weighted by atomic mass is 17.2. The first-order valence-electron chi connectivity index (χ1n) is 24.0. The van der Waals surface area contributed by atoms with Gasteiger partial charge in [-0.1, -0.05) is 54.4 Å². The minimum Gasteiger partial charge on any atom is -0.481 e. The van der Waals surface area contributed by atoms with Crippen LogP contribution in [0.25, 0.3) is 0 Å². The van der Waals surface area contributed by atoms with Crippen molar-refractivity contribution < 1.29 is 58.2 Å². The number of carbonyl (C=O) groups excluding carboxylic acids is 4. The zero-order valence-corrected chi connectivity index (χ0v) is 37.4. The lowest BCUT2D eigenvalue weighted by atomic mass is 9.31. The van der Waals surface area contributed by atoms with E-state index in [1.807, 2.05) is 13.8 Å². The van der Waals surface area contributed by atoms with Gasteiger partial charge in [-0.05, 0) is 154 Å². The SMILES string of the molecule is CC(C)C1C2CCC3C4(C)CCCC(C)(C(=O)O)C4CCC3(C1OOC1C(C(C)C)C3CC4C5(C)CCCC(C)(C(=O)O)C5CCC14C1C(=O)OC(=O)C31)C1C(=O)OC(=O)C21. The maximum absolute atomic E-state index is 14.4. The molecule has 2 aliphatic heterocycles. The van der Waals surface area contributed by atoms with Crippen LogP contribution in [-0.4, -0.2) is 58.2 Å². The minimum absolute atomic E-state index is 0.0339. The van der Waals surface area contributed by atoms with Crippen LogP contribution >= 0.6 is 0 Å². The van der Waals surface area contributed by atoms with E-state index in [-0.39, 0.29) is 59.2 Å². The lowest BCUT2D eigenvalue weighted by Gasteiger charge is -2.72. The summed E-state index contributed by atoms with van der Waals surface area (Å²) in [6.07, 6.45) is 7.33. The summed E-state index contributed by atoms with van der Waals surface area (Å²) in [7, 11) is 0. The topological polar surface area (TPSA) is 180 Å². The summed E-state index contributed by atoms with van der Waals surface area (Å²) in [5.41, 5.74) is -4.49. The largest absolute Gasteiger partial charge is 0.481 e. The van der Waals surface area contributed by atoms with Crippen LogP contribution in [0.1, 0.15) is 139 Å². The van der Waals surface area contributed by atoms with E-state index in [0.29, 0.717) is 51.4 Å². The summed E-state index contributed by atoms with van der Waals surface area (Å²) >= 11 is 0. The number of carboxylic acid groups (broad SMARTS) is 2. The minimum atomic E-state index is -0.927. The van der Waals surface area contributed by atoms with Gasteiger partial charge in [0.25, 0.3) is 0 Å². The number of carboxylic acids is 2. The molecule has 4 bridgehead atoms. The Balaban J connectivity index is 1.12. The van der Waals surface area contributed by atoms with Crippen molar-refractivity contribution in [2.24, 2.45) is 115 Å². The molecule has 12 aliphatic rings. The average Bonchev–Trinajstić information content (AvgIpc) is 3.54. The first-order valence-corrected chi connectivity index (χ1v) is 24.0. The number of hydrogen-bond acceptors (Lipinski definition) is 10. The van der Waals surface area contributed by atoms with E-state index >= 15 is 0 Å². The maximum atomic E-state index is 14.4. The number of rotatable bonds is 7. The predicted molar refractivity (Wildman–Crippen MR) is 216 cm³/mol. The summed E-state index contributed by atoms with van der Waals surface area (Å²) in [6, 6.07) is 0. The average molecular weight is 849 g/mol. The normalized spacial score (nSPS) is 54.2. The fraction of sp³-hybridized carbons (Fsp3) is 0.878. The van der Waals surface area contributed by atoms with E-state index in [1.165, 1.54) is 0 Å². The van der Waals surface area contributed by atoms with E-state index in [0.717, 1.165) is 32.1 Å². The van der Waals surface area contributed by atoms with E-state index in [1.54, 1.807) is 0 Å². The van der Waals surface area contributed by atoms with Crippen molar-refractivity contribution in [3.63, 3.8) is 0 Å². The Morgan fingerprint density at radius 1 is 0.557 bits per heavy atom. The Morgan fingerprint density at radius 2 is 0.984 bits per heavy atom. The van der Waals surface area contributed by atoms with Gasteiger partial charge in [-0.15, -0.1) is 0 Å². The van der Waals surface area contributed by atoms with E-state index < -0.39 is 104 Å². The van der Waals surface area contributed by atoms with Crippen LogP contribution in [0.4, 0.5) is 0 Å². The molecule has 20 atom stereocenters. The van der Waals surface area contributed by atoms with Crippen molar-refractivity contribution in [1.29, 1.82) is 0 Å². The molecule has 12 rings (SSSR count). The van der Waals surface area contributed by atoms with Crippen LogP contribution in [0.5, 0.6) is 0 Å². The van der Waals surface area contributed by atoms with Crippen LogP contribution in [0.3, 0.4) is 0 Å². The fourth-order valence-corrected chi connectivity index (χ4v) is 19.7. The highest BCUT2D eigenvalue weighted by Crippen LogP contribution is 2.78. The second kappa shape index (κ2) is 13.4. The molecule has 2 spiro atoms. The molecule has 10 aliphatic carbocycles. The lowest BCUT2D eigenvalue weighted by Crippen LogP contribution is -2.73. The standard InChI is InChI=1S/C49H68O12/c1-22(2)30-24-11-12-28-44(5)15-9-17-46(7,42(54)55)26(44)13-19-48(28,34-32(24)38(50)58-40(34)52)36(30)60-61-37-31(23(3)4)25-21-29-45(6)16-10-18-47(8,43(56)57)27(45)14-20-49(29,37)35-33(25)39(51)59-41(35)53/h22-37H,9-21H2,1-8H3,(H,54,55)(H,56,57). The molecular weight excluding hydrogens is 781 g/mol. The van der Waals surface area contributed by atoms with E-state index in [2.05, 4.69) is 41.5 Å². The second-order valence-corrected chi connectivity index (χ2v) is 24.0. The molecule has 0 aromatic carbocycles. The Bertz CT molecular complexity index is 1960. The zero-order chi connectivity index (χ0) is 43.7.